The Labute approximate surface area is 120 Å². The molecule has 0 spiro atoms. The fourth-order valence-corrected chi connectivity index (χ4v) is 3.03. The topological polar surface area (TPSA) is 9.23 Å². The van der Waals surface area contributed by atoms with Gasteiger partial charge in [-0.05, 0) is 77.5 Å². The van der Waals surface area contributed by atoms with E-state index in [-0.39, 0.29) is 0 Å². The van der Waals surface area contributed by atoms with Crippen LogP contribution in [0.2, 0.25) is 0 Å². The van der Waals surface area contributed by atoms with E-state index in [2.05, 4.69) is 59.8 Å². The lowest BCUT2D eigenvalue weighted by atomic mass is 10.2. The van der Waals surface area contributed by atoms with Crippen LogP contribution >= 0.6 is 34.4 Å². The Morgan fingerprint density at radius 1 is 1.06 bits per heavy atom. The molecule has 0 aliphatic carbocycles. The molecule has 0 amide bonds. The van der Waals surface area contributed by atoms with Gasteiger partial charge in [0.05, 0.1) is 7.11 Å². The van der Waals surface area contributed by atoms with E-state index in [4.69, 9.17) is 4.74 Å². The summed E-state index contributed by atoms with van der Waals surface area (Å²) in [5.41, 5.74) is 1.32. The zero-order valence-corrected chi connectivity index (χ0v) is 12.7. The SMILES string of the molecule is COc1ccc(Sc2ccc(I)cc2C)cc1. The van der Waals surface area contributed by atoms with Crippen LogP contribution in [0.1, 0.15) is 5.56 Å². The van der Waals surface area contributed by atoms with Crippen molar-refractivity contribution >= 4 is 34.4 Å². The van der Waals surface area contributed by atoms with E-state index in [0.29, 0.717) is 0 Å². The van der Waals surface area contributed by atoms with Gasteiger partial charge in [0.25, 0.3) is 0 Å². The molecule has 0 bridgehead atoms. The normalized spacial score (nSPS) is 10.3. The molecule has 2 rings (SSSR count). The minimum absolute atomic E-state index is 0.897. The van der Waals surface area contributed by atoms with Crippen LogP contribution in [-0.4, -0.2) is 7.11 Å². The van der Waals surface area contributed by atoms with Gasteiger partial charge in [-0.15, -0.1) is 0 Å². The molecule has 2 aromatic carbocycles. The third-order valence-corrected chi connectivity index (χ3v) is 4.28. The van der Waals surface area contributed by atoms with E-state index < -0.39 is 0 Å². The highest BCUT2D eigenvalue weighted by molar-refractivity contribution is 14.1. The molecule has 3 heteroatoms. The minimum Gasteiger partial charge on any atom is -0.497 e. The summed E-state index contributed by atoms with van der Waals surface area (Å²) in [4.78, 5) is 2.53. The van der Waals surface area contributed by atoms with E-state index in [1.807, 2.05) is 12.1 Å². The molecule has 0 N–H and O–H groups in total. The first-order valence-corrected chi connectivity index (χ1v) is 7.16. The van der Waals surface area contributed by atoms with Gasteiger partial charge in [-0.3, -0.25) is 0 Å². The lowest BCUT2D eigenvalue weighted by Gasteiger charge is -2.06. The summed E-state index contributed by atoms with van der Waals surface area (Å²) < 4.78 is 6.43. The first kappa shape index (κ1) is 12.8. The highest BCUT2D eigenvalue weighted by Gasteiger charge is 2.02. The van der Waals surface area contributed by atoms with Crippen LogP contribution < -0.4 is 4.74 Å². The standard InChI is InChI=1S/C14H13IOS/c1-10-9-11(15)3-8-14(10)17-13-6-4-12(16-2)5-7-13/h3-9H,1-2H3. The minimum atomic E-state index is 0.897. The van der Waals surface area contributed by atoms with Crippen LogP contribution in [0.25, 0.3) is 0 Å². The molecule has 1 nitrogen and oxygen atoms in total. The Balaban J connectivity index is 2.19. The second-order valence-electron chi connectivity index (χ2n) is 3.69. The highest BCUT2D eigenvalue weighted by Crippen LogP contribution is 2.31. The lowest BCUT2D eigenvalue weighted by Crippen LogP contribution is -1.83. The van der Waals surface area contributed by atoms with Gasteiger partial charge < -0.3 is 4.74 Å². The summed E-state index contributed by atoms with van der Waals surface area (Å²) in [7, 11) is 1.69. The third kappa shape index (κ3) is 3.39. The molecule has 0 heterocycles. The Hall–Kier alpha value is -0.680. The van der Waals surface area contributed by atoms with Gasteiger partial charge in [-0.25, -0.2) is 0 Å². The number of methoxy groups -OCH3 is 1. The maximum atomic E-state index is 5.15. The maximum absolute atomic E-state index is 5.15. The number of rotatable bonds is 3. The number of hydrogen-bond acceptors (Lipinski definition) is 2. The lowest BCUT2D eigenvalue weighted by molar-refractivity contribution is 0.414. The van der Waals surface area contributed by atoms with Crippen molar-refractivity contribution in [2.45, 2.75) is 16.7 Å². The molecule has 0 aliphatic heterocycles. The van der Waals surface area contributed by atoms with Crippen molar-refractivity contribution in [3.63, 3.8) is 0 Å². The van der Waals surface area contributed by atoms with Crippen molar-refractivity contribution < 1.29 is 4.74 Å². The second-order valence-corrected chi connectivity index (χ2v) is 6.05. The number of aryl methyl sites for hydroxylation is 1. The van der Waals surface area contributed by atoms with Gasteiger partial charge in [0, 0.05) is 13.4 Å². The van der Waals surface area contributed by atoms with Crippen molar-refractivity contribution in [2.24, 2.45) is 0 Å². The number of hydrogen-bond donors (Lipinski definition) is 0. The van der Waals surface area contributed by atoms with E-state index in [9.17, 15) is 0 Å². The molecular weight excluding hydrogens is 343 g/mol. The van der Waals surface area contributed by atoms with Crippen molar-refractivity contribution in [3.05, 3.63) is 51.6 Å². The van der Waals surface area contributed by atoms with Crippen molar-refractivity contribution in [1.82, 2.24) is 0 Å². The highest BCUT2D eigenvalue weighted by atomic mass is 127. The predicted octanol–water partition coefficient (Wildman–Crippen LogP) is 4.76. The van der Waals surface area contributed by atoms with Crippen LogP contribution in [0.5, 0.6) is 5.75 Å². The van der Waals surface area contributed by atoms with Crippen LogP contribution in [0.4, 0.5) is 0 Å². The van der Waals surface area contributed by atoms with E-state index in [1.165, 1.54) is 18.9 Å². The Morgan fingerprint density at radius 2 is 1.76 bits per heavy atom. The monoisotopic (exact) mass is 356 g/mol. The molecule has 17 heavy (non-hydrogen) atoms. The number of ether oxygens (including phenoxy) is 1. The summed E-state index contributed by atoms with van der Waals surface area (Å²) in [5, 5.41) is 0. The average Bonchev–Trinajstić information content (AvgIpc) is 2.34. The summed E-state index contributed by atoms with van der Waals surface area (Å²) in [6.45, 7) is 2.15. The molecular formula is C14H13IOS. The molecule has 0 aliphatic rings. The first-order valence-electron chi connectivity index (χ1n) is 5.27. The van der Waals surface area contributed by atoms with Gasteiger partial charge in [-0.1, -0.05) is 11.8 Å². The van der Waals surface area contributed by atoms with Gasteiger partial charge in [0.1, 0.15) is 5.75 Å². The van der Waals surface area contributed by atoms with Crippen molar-refractivity contribution in [1.29, 1.82) is 0 Å². The number of benzene rings is 2. The average molecular weight is 356 g/mol. The fraction of sp³-hybridized carbons (Fsp3) is 0.143. The van der Waals surface area contributed by atoms with Crippen LogP contribution in [0.3, 0.4) is 0 Å². The molecule has 0 radical (unpaired) electrons. The summed E-state index contributed by atoms with van der Waals surface area (Å²) >= 11 is 4.12. The van der Waals surface area contributed by atoms with Gasteiger partial charge in [0.15, 0.2) is 0 Å². The van der Waals surface area contributed by atoms with E-state index >= 15 is 0 Å². The molecule has 0 saturated heterocycles. The Morgan fingerprint density at radius 3 is 2.35 bits per heavy atom. The Kier molecular flexibility index (Phi) is 4.34. The quantitative estimate of drug-likeness (QED) is 0.734. The summed E-state index contributed by atoms with van der Waals surface area (Å²) in [5.74, 6) is 0.897. The molecule has 2 aromatic rings. The fourth-order valence-electron chi connectivity index (χ4n) is 1.50. The van der Waals surface area contributed by atoms with E-state index in [0.717, 1.165) is 5.75 Å². The second kappa shape index (κ2) is 5.78. The van der Waals surface area contributed by atoms with Crippen molar-refractivity contribution in [3.8, 4) is 5.75 Å². The largest absolute Gasteiger partial charge is 0.497 e. The summed E-state index contributed by atoms with van der Waals surface area (Å²) in [6, 6.07) is 14.7. The van der Waals surface area contributed by atoms with E-state index in [1.54, 1.807) is 18.9 Å². The maximum Gasteiger partial charge on any atom is 0.118 e. The third-order valence-electron chi connectivity index (χ3n) is 2.42. The van der Waals surface area contributed by atoms with Crippen LogP contribution in [-0.2, 0) is 0 Å². The van der Waals surface area contributed by atoms with Gasteiger partial charge in [-0.2, -0.15) is 0 Å². The van der Waals surface area contributed by atoms with Crippen LogP contribution in [0, 0.1) is 10.5 Å². The predicted molar refractivity (Wildman–Crippen MR) is 81.0 cm³/mol. The molecule has 88 valence electrons. The zero-order chi connectivity index (χ0) is 12.3. The molecule has 0 aromatic heterocycles. The Bertz CT molecular complexity index is 508. The van der Waals surface area contributed by atoms with Crippen molar-refractivity contribution in [2.75, 3.05) is 7.11 Å². The molecule has 0 unspecified atom stereocenters. The smallest absolute Gasteiger partial charge is 0.118 e. The summed E-state index contributed by atoms with van der Waals surface area (Å²) in [6.07, 6.45) is 0. The molecule has 0 fully saturated rings. The number of halogens is 1. The zero-order valence-electron chi connectivity index (χ0n) is 9.74. The van der Waals surface area contributed by atoms with Crippen LogP contribution in [0.15, 0.2) is 52.3 Å². The van der Waals surface area contributed by atoms with Gasteiger partial charge in [0.2, 0.25) is 0 Å². The molecule has 0 atom stereocenters. The molecule has 0 saturated carbocycles. The first-order chi connectivity index (χ1) is 8.19. The van der Waals surface area contributed by atoms with Gasteiger partial charge >= 0.3 is 0 Å².